The zero-order chi connectivity index (χ0) is 16.4. The Balaban J connectivity index is 1.51. The van der Waals surface area contributed by atoms with Crippen molar-refractivity contribution in [3.8, 4) is 16.3 Å². The monoisotopic (exact) mass is 339 g/mol. The molecule has 4 nitrogen and oxygen atoms in total. The van der Waals surface area contributed by atoms with Gasteiger partial charge in [0.05, 0.1) is 17.7 Å². The molecule has 0 aliphatic carbocycles. The molecule has 1 atom stereocenters. The van der Waals surface area contributed by atoms with Crippen LogP contribution < -0.4 is 4.74 Å². The fourth-order valence-corrected chi connectivity index (χ4v) is 4.45. The summed E-state index contributed by atoms with van der Waals surface area (Å²) >= 11 is 1.84. The summed E-state index contributed by atoms with van der Waals surface area (Å²) in [6.45, 7) is 2.15. The van der Waals surface area contributed by atoms with E-state index in [2.05, 4.69) is 45.4 Å². The highest BCUT2D eigenvalue weighted by molar-refractivity contribution is 7.15. The molecule has 3 heterocycles. The second-order valence-electron chi connectivity index (χ2n) is 6.14. The third kappa shape index (κ3) is 3.09. The lowest BCUT2D eigenvalue weighted by molar-refractivity contribution is 0.250. The zero-order valence-corrected chi connectivity index (χ0v) is 14.6. The first kappa shape index (κ1) is 15.4. The van der Waals surface area contributed by atoms with E-state index >= 15 is 0 Å². The van der Waals surface area contributed by atoms with E-state index in [1.165, 1.54) is 28.2 Å². The standard InChI is InChI=1S/C19H21N3OS/c1-23-15-5-2-4-14(12-15)18-6-3-11-22(18)13-16-7-8-19(24-16)17-9-10-20-21-17/h2,4-5,7-10,12,18H,3,6,11,13H2,1H3,(H,20,21). The number of rotatable bonds is 5. The largest absolute Gasteiger partial charge is 0.497 e. The van der Waals surface area contributed by atoms with Gasteiger partial charge < -0.3 is 4.74 Å². The number of likely N-dealkylation sites (tertiary alicyclic amines) is 1. The minimum absolute atomic E-state index is 0.484. The number of benzene rings is 1. The Hall–Kier alpha value is -2.11. The van der Waals surface area contributed by atoms with Crippen molar-refractivity contribution >= 4 is 11.3 Å². The number of ether oxygens (including phenoxy) is 1. The van der Waals surface area contributed by atoms with Crippen molar-refractivity contribution in [1.82, 2.24) is 15.1 Å². The van der Waals surface area contributed by atoms with Gasteiger partial charge in [-0.3, -0.25) is 10.00 Å². The molecule has 2 aromatic heterocycles. The van der Waals surface area contributed by atoms with Gasteiger partial charge in [-0.1, -0.05) is 12.1 Å². The SMILES string of the molecule is COc1cccc(C2CCCN2Cc2ccc(-c3ccn[nH]3)s2)c1. The van der Waals surface area contributed by atoms with Gasteiger partial charge in [0.2, 0.25) is 0 Å². The molecular formula is C19H21N3OS. The fraction of sp³-hybridized carbons (Fsp3) is 0.316. The highest BCUT2D eigenvalue weighted by Gasteiger charge is 2.26. The molecule has 1 N–H and O–H groups in total. The van der Waals surface area contributed by atoms with Crippen LogP contribution >= 0.6 is 11.3 Å². The highest BCUT2D eigenvalue weighted by atomic mass is 32.1. The topological polar surface area (TPSA) is 41.1 Å². The average molecular weight is 339 g/mol. The number of methoxy groups -OCH3 is 1. The number of aromatic nitrogens is 2. The molecule has 3 aromatic rings. The lowest BCUT2D eigenvalue weighted by Crippen LogP contribution is -2.22. The first-order chi connectivity index (χ1) is 11.8. The summed E-state index contributed by atoms with van der Waals surface area (Å²) in [6.07, 6.45) is 4.26. The summed E-state index contributed by atoms with van der Waals surface area (Å²) in [7, 11) is 1.73. The Morgan fingerprint density at radius 2 is 2.25 bits per heavy atom. The number of nitrogens with zero attached hydrogens (tertiary/aromatic N) is 2. The summed E-state index contributed by atoms with van der Waals surface area (Å²) in [5, 5.41) is 7.08. The predicted octanol–water partition coefficient (Wildman–Crippen LogP) is 4.48. The second kappa shape index (κ2) is 6.79. The maximum absolute atomic E-state index is 5.39. The summed E-state index contributed by atoms with van der Waals surface area (Å²) in [6, 6.07) is 15.4. The predicted molar refractivity (Wildman–Crippen MR) is 97.3 cm³/mol. The first-order valence-electron chi connectivity index (χ1n) is 8.30. The van der Waals surface area contributed by atoms with Crippen LogP contribution in [0.4, 0.5) is 0 Å². The lowest BCUT2D eigenvalue weighted by atomic mass is 10.0. The molecule has 0 bridgehead atoms. The van der Waals surface area contributed by atoms with Gasteiger partial charge in [-0.15, -0.1) is 11.3 Å². The van der Waals surface area contributed by atoms with Crippen molar-refractivity contribution in [2.75, 3.05) is 13.7 Å². The number of aromatic amines is 1. The van der Waals surface area contributed by atoms with Crippen molar-refractivity contribution in [3.05, 3.63) is 59.1 Å². The van der Waals surface area contributed by atoms with Crippen LogP contribution in [0.15, 0.2) is 48.7 Å². The molecule has 1 saturated heterocycles. The van der Waals surface area contributed by atoms with E-state index in [9.17, 15) is 0 Å². The van der Waals surface area contributed by atoms with E-state index in [4.69, 9.17) is 4.74 Å². The van der Waals surface area contributed by atoms with Gasteiger partial charge in [-0.2, -0.15) is 5.10 Å². The van der Waals surface area contributed by atoms with Crippen LogP contribution in [0.5, 0.6) is 5.75 Å². The molecule has 4 rings (SSSR count). The molecule has 0 amide bonds. The van der Waals surface area contributed by atoms with E-state index in [-0.39, 0.29) is 0 Å². The molecule has 1 fully saturated rings. The smallest absolute Gasteiger partial charge is 0.119 e. The molecule has 5 heteroatoms. The van der Waals surface area contributed by atoms with E-state index in [1.807, 2.05) is 23.5 Å². The number of thiophene rings is 1. The van der Waals surface area contributed by atoms with Gasteiger partial charge in [0.1, 0.15) is 5.75 Å². The molecule has 1 unspecified atom stereocenters. The molecule has 124 valence electrons. The van der Waals surface area contributed by atoms with E-state index in [1.54, 1.807) is 13.3 Å². The molecule has 0 saturated carbocycles. The molecule has 1 aliphatic heterocycles. The molecule has 0 radical (unpaired) electrons. The third-order valence-electron chi connectivity index (χ3n) is 4.63. The molecule has 1 aromatic carbocycles. The molecule has 24 heavy (non-hydrogen) atoms. The number of hydrogen-bond donors (Lipinski definition) is 1. The Kier molecular flexibility index (Phi) is 4.36. The number of hydrogen-bond acceptors (Lipinski definition) is 4. The van der Waals surface area contributed by atoms with Crippen LogP contribution in [0.2, 0.25) is 0 Å². The van der Waals surface area contributed by atoms with E-state index < -0.39 is 0 Å². The van der Waals surface area contributed by atoms with E-state index in [0.717, 1.165) is 24.5 Å². The number of nitrogens with one attached hydrogen (secondary N) is 1. The van der Waals surface area contributed by atoms with Crippen molar-refractivity contribution in [2.24, 2.45) is 0 Å². The summed E-state index contributed by atoms with van der Waals surface area (Å²) in [5.74, 6) is 0.942. The van der Waals surface area contributed by atoms with Crippen LogP contribution in [0.3, 0.4) is 0 Å². The van der Waals surface area contributed by atoms with Gasteiger partial charge in [0.25, 0.3) is 0 Å². The Bertz CT molecular complexity index is 797. The molecule has 1 aliphatic rings. The highest BCUT2D eigenvalue weighted by Crippen LogP contribution is 2.36. The van der Waals surface area contributed by atoms with Gasteiger partial charge in [-0.25, -0.2) is 0 Å². The average Bonchev–Trinajstić information content (AvgIpc) is 3.36. The molecule has 0 spiro atoms. The Labute approximate surface area is 146 Å². The van der Waals surface area contributed by atoms with Gasteiger partial charge in [0.15, 0.2) is 0 Å². The van der Waals surface area contributed by atoms with Crippen molar-refractivity contribution in [2.45, 2.75) is 25.4 Å². The maximum Gasteiger partial charge on any atom is 0.119 e. The maximum atomic E-state index is 5.39. The van der Waals surface area contributed by atoms with Crippen LogP contribution in [0.25, 0.3) is 10.6 Å². The minimum atomic E-state index is 0.484. The normalized spacial score (nSPS) is 18.1. The van der Waals surface area contributed by atoms with Crippen LogP contribution in [-0.2, 0) is 6.54 Å². The summed E-state index contributed by atoms with van der Waals surface area (Å²) < 4.78 is 5.39. The van der Waals surface area contributed by atoms with Gasteiger partial charge in [-0.05, 0) is 55.3 Å². The van der Waals surface area contributed by atoms with Crippen molar-refractivity contribution in [3.63, 3.8) is 0 Å². The lowest BCUT2D eigenvalue weighted by Gasteiger charge is -2.24. The zero-order valence-electron chi connectivity index (χ0n) is 13.7. The van der Waals surface area contributed by atoms with Gasteiger partial charge in [0, 0.05) is 23.7 Å². The fourth-order valence-electron chi connectivity index (χ4n) is 3.44. The Morgan fingerprint density at radius 3 is 3.08 bits per heavy atom. The quantitative estimate of drug-likeness (QED) is 0.745. The Morgan fingerprint density at radius 1 is 1.29 bits per heavy atom. The van der Waals surface area contributed by atoms with Crippen LogP contribution in [0.1, 0.15) is 29.3 Å². The van der Waals surface area contributed by atoms with Crippen LogP contribution in [-0.4, -0.2) is 28.8 Å². The number of H-pyrrole nitrogens is 1. The summed E-state index contributed by atoms with van der Waals surface area (Å²) in [5.41, 5.74) is 2.45. The van der Waals surface area contributed by atoms with E-state index in [0.29, 0.717) is 6.04 Å². The second-order valence-corrected chi connectivity index (χ2v) is 7.31. The summed E-state index contributed by atoms with van der Waals surface area (Å²) in [4.78, 5) is 5.23. The van der Waals surface area contributed by atoms with Crippen LogP contribution in [0, 0.1) is 0 Å². The van der Waals surface area contributed by atoms with Gasteiger partial charge >= 0.3 is 0 Å². The van der Waals surface area contributed by atoms with Crippen molar-refractivity contribution in [1.29, 1.82) is 0 Å². The molecular weight excluding hydrogens is 318 g/mol. The third-order valence-corrected chi connectivity index (χ3v) is 5.73. The van der Waals surface area contributed by atoms with Crippen molar-refractivity contribution < 1.29 is 4.74 Å². The minimum Gasteiger partial charge on any atom is -0.497 e. The first-order valence-corrected chi connectivity index (χ1v) is 9.11.